The van der Waals surface area contributed by atoms with Crippen LogP contribution in [0.25, 0.3) is 0 Å². The quantitative estimate of drug-likeness (QED) is 0.480. The summed E-state index contributed by atoms with van der Waals surface area (Å²) in [5.74, 6) is 0. The molecular formula is C12H20N2O3. The molecule has 5 nitrogen and oxygen atoms in total. The van der Waals surface area contributed by atoms with Gasteiger partial charge in [-0.1, -0.05) is 0 Å². The van der Waals surface area contributed by atoms with E-state index in [-0.39, 0.29) is 10.9 Å². The Bertz CT molecular complexity index is 433. The van der Waals surface area contributed by atoms with Gasteiger partial charge in [-0.15, -0.1) is 0 Å². The molecule has 0 unspecified atom stereocenters. The van der Waals surface area contributed by atoms with Gasteiger partial charge in [-0.25, -0.2) is 0 Å². The predicted octanol–water partition coefficient (Wildman–Crippen LogP) is -0.395. The highest BCUT2D eigenvalue weighted by Crippen LogP contribution is 2.10. The molecule has 1 aromatic carbocycles. The third-order valence-electron chi connectivity index (χ3n) is 2.75. The molecule has 96 valence electrons. The van der Waals surface area contributed by atoms with Crippen LogP contribution < -0.4 is 15.8 Å². The van der Waals surface area contributed by atoms with E-state index in [9.17, 15) is 9.59 Å². The van der Waals surface area contributed by atoms with Gasteiger partial charge < -0.3 is 14.5 Å². The van der Waals surface area contributed by atoms with Gasteiger partial charge in [-0.3, -0.25) is 9.59 Å². The lowest BCUT2D eigenvalue weighted by Gasteiger charge is -2.21. The number of anilines is 1. The Morgan fingerprint density at radius 3 is 2.12 bits per heavy atom. The van der Waals surface area contributed by atoms with Crippen LogP contribution in [0.1, 0.15) is 5.56 Å². The Morgan fingerprint density at radius 2 is 1.59 bits per heavy atom. The molecule has 0 aliphatic rings. The molecule has 0 spiro atoms. The first kappa shape index (κ1) is 13.9. The van der Waals surface area contributed by atoms with Crippen LogP contribution in [0.4, 0.5) is 5.69 Å². The summed E-state index contributed by atoms with van der Waals surface area (Å²) < 4.78 is 5.43. The number of ether oxygens (including phenoxy) is 1. The third-order valence-corrected chi connectivity index (χ3v) is 2.75. The Labute approximate surface area is 101 Å². The summed E-state index contributed by atoms with van der Waals surface area (Å²) in [5.41, 5.74) is 0.357. The SMILES string of the molecule is Cc1c(N(C)CCOCCN(C)C)c(=O)c1=O. The van der Waals surface area contributed by atoms with Crippen LogP contribution in [0.3, 0.4) is 0 Å². The zero-order chi connectivity index (χ0) is 13.0. The van der Waals surface area contributed by atoms with Crippen LogP contribution in [0.15, 0.2) is 9.59 Å². The Morgan fingerprint density at radius 1 is 1.00 bits per heavy atom. The van der Waals surface area contributed by atoms with Gasteiger partial charge in [-0.05, 0) is 21.0 Å². The highest BCUT2D eigenvalue weighted by atomic mass is 16.5. The number of hydrogen-bond donors (Lipinski definition) is 0. The summed E-state index contributed by atoms with van der Waals surface area (Å²) in [6.45, 7) is 4.42. The first-order valence-electron chi connectivity index (χ1n) is 5.68. The zero-order valence-electron chi connectivity index (χ0n) is 10.9. The zero-order valence-corrected chi connectivity index (χ0v) is 10.9. The van der Waals surface area contributed by atoms with Gasteiger partial charge in [0.15, 0.2) is 0 Å². The number of likely N-dealkylation sites (N-methyl/N-ethyl adjacent to an activating group) is 2. The molecular weight excluding hydrogens is 220 g/mol. The number of hydrogen-bond acceptors (Lipinski definition) is 5. The molecule has 0 heterocycles. The van der Waals surface area contributed by atoms with E-state index < -0.39 is 0 Å². The highest BCUT2D eigenvalue weighted by Gasteiger charge is 2.19. The summed E-state index contributed by atoms with van der Waals surface area (Å²) >= 11 is 0. The largest absolute Gasteiger partial charge is 0.378 e. The molecule has 0 saturated heterocycles. The van der Waals surface area contributed by atoms with Crippen molar-refractivity contribution in [1.82, 2.24) is 4.90 Å². The highest BCUT2D eigenvalue weighted by molar-refractivity contribution is 5.57. The van der Waals surface area contributed by atoms with Gasteiger partial charge in [0.25, 0.3) is 0 Å². The predicted molar refractivity (Wildman–Crippen MR) is 68.7 cm³/mol. The normalized spacial score (nSPS) is 11.4. The fourth-order valence-electron chi connectivity index (χ4n) is 1.62. The minimum absolute atomic E-state index is 0.361. The average Bonchev–Trinajstić information content (AvgIpc) is 2.28. The van der Waals surface area contributed by atoms with Gasteiger partial charge in [0.2, 0.25) is 10.9 Å². The summed E-state index contributed by atoms with van der Waals surface area (Å²) in [4.78, 5) is 26.2. The second-order valence-electron chi connectivity index (χ2n) is 4.47. The average molecular weight is 240 g/mol. The van der Waals surface area contributed by atoms with E-state index in [4.69, 9.17) is 4.74 Å². The van der Waals surface area contributed by atoms with E-state index in [1.165, 1.54) is 0 Å². The summed E-state index contributed by atoms with van der Waals surface area (Å²) in [6.07, 6.45) is 0. The van der Waals surface area contributed by atoms with Crippen LogP contribution in [-0.2, 0) is 4.74 Å². The molecule has 5 heteroatoms. The van der Waals surface area contributed by atoms with Crippen molar-refractivity contribution in [2.45, 2.75) is 6.92 Å². The summed E-state index contributed by atoms with van der Waals surface area (Å²) in [6, 6.07) is 0. The monoisotopic (exact) mass is 240 g/mol. The van der Waals surface area contributed by atoms with E-state index in [0.29, 0.717) is 31.0 Å². The molecule has 0 atom stereocenters. The van der Waals surface area contributed by atoms with Crippen LogP contribution >= 0.6 is 0 Å². The molecule has 1 rings (SSSR count). The second-order valence-corrected chi connectivity index (χ2v) is 4.47. The molecule has 17 heavy (non-hydrogen) atoms. The maximum absolute atomic E-state index is 11.3. The van der Waals surface area contributed by atoms with Crippen LogP contribution in [0.5, 0.6) is 0 Å². The first-order valence-corrected chi connectivity index (χ1v) is 5.68. The fraction of sp³-hybridized carbons (Fsp3) is 0.667. The summed E-state index contributed by atoms with van der Waals surface area (Å²) in [5, 5.41) is 0. The van der Waals surface area contributed by atoms with Crippen molar-refractivity contribution >= 4 is 5.69 Å². The lowest BCUT2D eigenvalue weighted by atomic mass is 10.1. The molecule has 0 saturated carbocycles. The minimum atomic E-state index is -0.377. The van der Waals surface area contributed by atoms with Crippen molar-refractivity contribution in [3.8, 4) is 0 Å². The van der Waals surface area contributed by atoms with Crippen molar-refractivity contribution in [1.29, 1.82) is 0 Å². The minimum Gasteiger partial charge on any atom is -0.378 e. The third kappa shape index (κ3) is 3.38. The number of rotatable bonds is 7. The van der Waals surface area contributed by atoms with Crippen molar-refractivity contribution in [2.75, 3.05) is 52.3 Å². The van der Waals surface area contributed by atoms with Crippen LogP contribution in [0, 0.1) is 6.92 Å². The fourth-order valence-corrected chi connectivity index (χ4v) is 1.62. The van der Waals surface area contributed by atoms with Gasteiger partial charge in [0.1, 0.15) is 0 Å². The molecule has 0 N–H and O–H groups in total. The molecule has 0 amide bonds. The Balaban J connectivity index is 2.29. The standard InChI is InChI=1S/C12H20N2O3/c1-9-10(12(16)11(9)15)14(4)6-8-17-7-5-13(2)3/h5-8H2,1-4H3. The van der Waals surface area contributed by atoms with E-state index in [0.717, 1.165) is 6.54 Å². The number of nitrogens with zero attached hydrogens (tertiary/aromatic N) is 2. The summed E-state index contributed by atoms with van der Waals surface area (Å²) in [7, 11) is 5.78. The Hall–Kier alpha value is -1.20. The van der Waals surface area contributed by atoms with Crippen molar-refractivity contribution < 1.29 is 4.74 Å². The van der Waals surface area contributed by atoms with Gasteiger partial charge in [-0.2, -0.15) is 0 Å². The Kier molecular flexibility index (Phi) is 4.84. The maximum atomic E-state index is 11.3. The van der Waals surface area contributed by atoms with Crippen molar-refractivity contribution in [3.05, 3.63) is 26.0 Å². The molecule has 0 aliphatic heterocycles. The molecule has 0 bridgehead atoms. The molecule has 0 radical (unpaired) electrons. The molecule has 0 aliphatic carbocycles. The van der Waals surface area contributed by atoms with E-state index in [1.807, 2.05) is 19.0 Å². The van der Waals surface area contributed by atoms with Gasteiger partial charge >= 0.3 is 0 Å². The molecule has 0 aromatic heterocycles. The lowest BCUT2D eigenvalue weighted by molar-refractivity contribution is 0.123. The molecule has 0 fully saturated rings. The first-order chi connectivity index (χ1) is 7.95. The van der Waals surface area contributed by atoms with E-state index >= 15 is 0 Å². The van der Waals surface area contributed by atoms with Crippen molar-refractivity contribution in [3.63, 3.8) is 0 Å². The van der Waals surface area contributed by atoms with E-state index in [2.05, 4.69) is 0 Å². The van der Waals surface area contributed by atoms with E-state index in [1.54, 1.807) is 18.9 Å². The smallest absolute Gasteiger partial charge is 0.249 e. The maximum Gasteiger partial charge on any atom is 0.249 e. The molecule has 1 aromatic rings. The lowest BCUT2D eigenvalue weighted by Crippen LogP contribution is -2.42. The van der Waals surface area contributed by atoms with Crippen molar-refractivity contribution in [2.24, 2.45) is 0 Å². The topological polar surface area (TPSA) is 49.9 Å². The second kappa shape index (κ2) is 5.93. The van der Waals surface area contributed by atoms with Gasteiger partial charge in [0, 0.05) is 25.7 Å². The van der Waals surface area contributed by atoms with Gasteiger partial charge in [0.05, 0.1) is 18.9 Å². The van der Waals surface area contributed by atoms with Crippen LogP contribution in [0.2, 0.25) is 0 Å². The van der Waals surface area contributed by atoms with Crippen LogP contribution in [-0.4, -0.2) is 52.3 Å².